The predicted molar refractivity (Wildman–Crippen MR) is 83.8 cm³/mol. The van der Waals surface area contributed by atoms with Crippen LogP contribution in [0.25, 0.3) is 0 Å². The SMILES string of the molecule is CNCc1ccc(N(C)CC2CCCCO2)cc1Br. The van der Waals surface area contributed by atoms with Gasteiger partial charge in [-0.25, -0.2) is 0 Å². The Morgan fingerprint density at radius 2 is 2.26 bits per heavy atom. The van der Waals surface area contributed by atoms with E-state index in [0.717, 1.165) is 24.2 Å². The van der Waals surface area contributed by atoms with Crippen molar-refractivity contribution < 1.29 is 4.74 Å². The van der Waals surface area contributed by atoms with Crippen molar-refractivity contribution >= 4 is 21.6 Å². The van der Waals surface area contributed by atoms with Crippen LogP contribution >= 0.6 is 15.9 Å². The lowest BCUT2D eigenvalue weighted by atomic mass is 10.1. The normalized spacial score (nSPS) is 19.4. The Balaban J connectivity index is 1.98. The molecular formula is C15H23BrN2O. The Kier molecular flexibility index (Phi) is 5.67. The fraction of sp³-hybridized carbons (Fsp3) is 0.600. The molecule has 0 spiro atoms. The molecule has 106 valence electrons. The first-order valence-corrected chi connectivity index (χ1v) is 7.76. The number of nitrogens with zero attached hydrogens (tertiary/aromatic N) is 1. The highest BCUT2D eigenvalue weighted by Crippen LogP contribution is 2.24. The highest BCUT2D eigenvalue weighted by molar-refractivity contribution is 9.10. The average Bonchev–Trinajstić information content (AvgIpc) is 2.42. The number of hydrogen-bond acceptors (Lipinski definition) is 3. The molecule has 19 heavy (non-hydrogen) atoms. The lowest BCUT2D eigenvalue weighted by Crippen LogP contribution is -2.33. The van der Waals surface area contributed by atoms with E-state index >= 15 is 0 Å². The minimum absolute atomic E-state index is 0.384. The maximum Gasteiger partial charge on any atom is 0.0749 e. The summed E-state index contributed by atoms with van der Waals surface area (Å²) >= 11 is 3.64. The zero-order valence-corrected chi connectivity index (χ0v) is 13.4. The van der Waals surface area contributed by atoms with E-state index in [1.165, 1.54) is 30.5 Å². The molecule has 1 N–H and O–H groups in total. The smallest absolute Gasteiger partial charge is 0.0749 e. The van der Waals surface area contributed by atoms with E-state index in [0.29, 0.717) is 6.10 Å². The van der Waals surface area contributed by atoms with Gasteiger partial charge in [0.15, 0.2) is 0 Å². The van der Waals surface area contributed by atoms with Gasteiger partial charge in [-0.05, 0) is 44.0 Å². The Hall–Kier alpha value is -0.580. The van der Waals surface area contributed by atoms with Gasteiger partial charge in [-0.3, -0.25) is 0 Å². The van der Waals surface area contributed by atoms with Gasteiger partial charge < -0.3 is 15.0 Å². The Bertz CT molecular complexity index is 405. The third-order valence-electron chi connectivity index (χ3n) is 3.60. The summed E-state index contributed by atoms with van der Waals surface area (Å²) in [6, 6.07) is 6.55. The van der Waals surface area contributed by atoms with Crippen LogP contribution in [-0.4, -0.2) is 33.4 Å². The fourth-order valence-corrected chi connectivity index (χ4v) is 2.98. The topological polar surface area (TPSA) is 24.5 Å². The van der Waals surface area contributed by atoms with Crippen molar-refractivity contribution in [2.45, 2.75) is 31.9 Å². The molecule has 3 nitrogen and oxygen atoms in total. The van der Waals surface area contributed by atoms with Crippen LogP contribution in [0.1, 0.15) is 24.8 Å². The second-order valence-corrected chi connectivity index (χ2v) is 6.03. The molecule has 1 aromatic rings. The minimum Gasteiger partial charge on any atom is -0.376 e. The molecule has 1 saturated heterocycles. The van der Waals surface area contributed by atoms with Crippen LogP contribution in [-0.2, 0) is 11.3 Å². The second kappa shape index (κ2) is 7.27. The van der Waals surface area contributed by atoms with Crippen LogP contribution in [0.2, 0.25) is 0 Å². The molecule has 1 heterocycles. The average molecular weight is 327 g/mol. The highest BCUT2D eigenvalue weighted by atomic mass is 79.9. The lowest BCUT2D eigenvalue weighted by molar-refractivity contribution is 0.0216. The van der Waals surface area contributed by atoms with E-state index in [-0.39, 0.29) is 0 Å². The quantitative estimate of drug-likeness (QED) is 0.899. The van der Waals surface area contributed by atoms with Gasteiger partial charge in [-0.15, -0.1) is 0 Å². The molecule has 1 unspecified atom stereocenters. The molecule has 0 amide bonds. The van der Waals surface area contributed by atoms with E-state index in [1.807, 2.05) is 7.05 Å². The van der Waals surface area contributed by atoms with Crippen molar-refractivity contribution in [3.63, 3.8) is 0 Å². The van der Waals surface area contributed by atoms with Crippen LogP contribution in [0.3, 0.4) is 0 Å². The van der Waals surface area contributed by atoms with Crippen molar-refractivity contribution in [3.8, 4) is 0 Å². The number of benzene rings is 1. The molecule has 4 heteroatoms. The Morgan fingerprint density at radius 1 is 1.42 bits per heavy atom. The number of ether oxygens (including phenoxy) is 1. The monoisotopic (exact) mass is 326 g/mol. The lowest BCUT2D eigenvalue weighted by Gasteiger charge is -2.29. The Labute approximate surface area is 124 Å². The summed E-state index contributed by atoms with van der Waals surface area (Å²) < 4.78 is 6.96. The van der Waals surface area contributed by atoms with Gasteiger partial charge in [0.1, 0.15) is 0 Å². The summed E-state index contributed by atoms with van der Waals surface area (Å²) in [5.41, 5.74) is 2.52. The molecule has 0 aromatic heterocycles. The third-order valence-corrected chi connectivity index (χ3v) is 4.33. The number of nitrogens with one attached hydrogen (secondary N) is 1. The minimum atomic E-state index is 0.384. The van der Waals surface area contributed by atoms with E-state index < -0.39 is 0 Å². The first kappa shape index (κ1) is 14.8. The van der Waals surface area contributed by atoms with Gasteiger partial charge in [-0.1, -0.05) is 22.0 Å². The number of hydrogen-bond donors (Lipinski definition) is 1. The summed E-state index contributed by atoms with van der Waals surface area (Å²) in [4.78, 5) is 2.28. The van der Waals surface area contributed by atoms with E-state index in [1.54, 1.807) is 0 Å². The highest BCUT2D eigenvalue weighted by Gasteiger charge is 2.16. The number of likely N-dealkylation sites (N-methyl/N-ethyl adjacent to an activating group) is 1. The van der Waals surface area contributed by atoms with Crippen molar-refractivity contribution in [2.75, 3.05) is 32.1 Å². The molecule has 1 aromatic carbocycles. The standard InChI is InChI=1S/C15H23BrN2O/c1-17-10-12-6-7-13(9-15(12)16)18(2)11-14-5-3-4-8-19-14/h6-7,9,14,17H,3-5,8,10-11H2,1-2H3. The van der Waals surface area contributed by atoms with Gasteiger partial charge in [0, 0.05) is 36.9 Å². The third kappa shape index (κ3) is 4.20. The van der Waals surface area contributed by atoms with Crippen LogP contribution < -0.4 is 10.2 Å². The molecular weight excluding hydrogens is 304 g/mol. The zero-order chi connectivity index (χ0) is 13.7. The first-order chi connectivity index (χ1) is 9.20. The maximum absolute atomic E-state index is 5.80. The molecule has 2 rings (SSSR count). The van der Waals surface area contributed by atoms with Crippen molar-refractivity contribution in [2.24, 2.45) is 0 Å². The first-order valence-electron chi connectivity index (χ1n) is 6.96. The van der Waals surface area contributed by atoms with Gasteiger partial charge >= 0.3 is 0 Å². The largest absolute Gasteiger partial charge is 0.376 e. The summed E-state index contributed by atoms with van der Waals surface area (Å²) in [6.45, 7) is 2.78. The molecule has 0 saturated carbocycles. The molecule has 1 atom stereocenters. The van der Waals surface area contributed by atoms with Gasteiger partial charge in [-0.2, -0.15) is 0 Å². The van der Waals surface area contributed by atoms with E-state index in [9.17, 15) is 0 Å². The van der Waals surface area contributed by atoms with Crippen molar-refractivity contribution in [1.82, 2.24) is 5.32 Å². The summed E-state index contributed by atoms with van der Waals surface area (Å²) in [6.07, 6.45) is 4.08. The van der Waals surface area contributed by atoms with Crippen LogP contribution in [0, 0.1) is 0 Å². The van der Waals surface area contributed by atoms with Gasteiger partial charge in [0.25, 0.3) is 0 Å². The van der Waals surface area contributed by atoms with Gasteiger partial charge in [0.05, 0.1) is 6.10 Å². The van der Waals surface area contributed by atoms with Crippen molar-refractivity contribution in [3.05, 3.63) is 28.2 Å². The van der Waals surface area contributed by atoms with E-state index in [2.05, 4.69) is 51.4 Å². The fourth-order valence-electron chi connectivity index (χ4n) is 2.47. The predicted octanol–water partition coefficient (Wildman–Crippen LogP) is 3.17. The van der Waals surface area contributed by atoms with E-state index in [4.69, 9.17) is 4.74 Å². The van der Waals surface area contributed by atoms with Crippen LogP contribution in [0.15, 0.2) is 22.7 Å². The number of halogens is 1. The zero-order valence-electron chi connectivity index (χ0n) is 11.8. The molecule has 0 bridgehead atoms. The summed E-state index contributed by atoms with van der Waals surface area (Å²) in [5, 5.41) is 3.18. The molecule has 0 radical (unpaired) electrons. The number of anilines is 1. The van der Waals surface area contributed by atoms with Crippen LogP contribution in [0.4, 0.5) is 5.69 Å². The molecule has 1 aliphatic rings. The molecule has 1 fully saturated rings. The van der Waals surface area contributed by atoms with Gasteiger partial charge in [0.2, 0.25) is 0 Å². The Morgan fingerprint density at radius 3 is 2.89 bits per heavy atom. The molecule has 0 aliphatic carbocycles. The summed E-state index contributed by atoms with van der Waals surface area (Å²) in [5.74, 6) is 0. The van der Waals surface area contributed by atoms with Crippen molar-refractivity contribution in [1.29, 1.82) is 0 Å². The maximum atomic E-state index is 5.80. The molecule has 1 aliphatic heterocycles. The summed E-state index contributed by atoms with van der Waals surface area (Å²) in [7, 11) is 4.10. The van der Waals surface area contributed by atoms with Crippen LogP contribution in [0.5, 0.6) is 0 Å². The number of rotatable bonds is 5. The second-order valence-electron chi connectivity index (χ2n) is 5.18.